The molecule has 0 aromatic carbocycles. The third kappa shape index (κ3) is 1.49. The Morgan fingerprint density at radius 1 is 1.19 bits per heavy atom. The average molecular weight is 275 g/mol. The van der Waals surface area contributed by atoms with Crippen molar-refractivity contribution in [3.05, 3.63) is 47.5 Å². The molecule has 3 heterocycles. The minimum Gasteiger partial charge on any atom is -0.261 e. The summed E-state index contributed by atoms with van der Waals surface area (Å²) in [7, 11) is 0. The molecule has 16 heavy (non-hydrogen) atoms. The normalized spacial score (nSPS) is 10.8. The Bertz CT molecular complexity index is 647. The predicted octanol–water partition coefficient (Wildman–Crippen LogP) is 2.58. The summed E-state index contributed by atoms with van der Waals surface area (Å²) in [5.41, 5.74) is 1.73. The Morgan fingerprint density at radius 2 is 2.12 bits per heavy atom. The molecule has 3 aromatic heterocycles. The fraction of sp³-hybridized carbons (Fsp3) is 0. The first kappa shape index (κ1) is 9.47. The standard InChI is InChI=1S/C11H7BrN4/c12-9-4-10(7-13-6-9)16-11-8(5-15-16)2-1-3-14-11/h1-7H. The van der Waals surface area contributed by atoms with Crippen LogP contribution in [0, 0.1) is 0 Å². The van der Waals surface area contributed by atoms with E-state index in [-0.39, 0.29) is 0 Å². The number of rotatable bonds is 1. The summed E-state index contributed by atoms with van der Waals surface area (Å²) in [6, 6.07) is 5.83. The van der Waals surface area contributed by atoms with Crippen molar-refractivity contribution in [3.8, 4) is 5.69 Å². The summed E-state index contributed by atoms with van der Waals surface area (Å²) in [5, 5.41) is 5.32. The molecule has 0 N–H and O–H groups in total. The van der Waals surface area contributed by atoms with Gasteiger partial charge in [-0.3, -0.25) is 4.98 Å². The number of aromatic nitrogens is 4. The van der Waals surface area contributed by atoms with Crippen LogP contribution >= 0.6 is 15.9 Å². The zero-order valence-corrected chi connectivity index (χ0v) is 9.79. The highest BCUT2D eigenvalue weighted by atomic mass is 79.9. The van der Waals surface area contributed by atoms with Gasteiger partial charge in [0, 0.05) is 22.3 Å². The van der Waals surface area contributed by atoms with Gasteiger partial charge in [0.1, 0.15) is 0 Å². The lowest BCUT2D eigenvalue weighted by molar-refractivity contribution is 0.889. The lowest BCUT2D eigenvalue weighted by Gasteiger charge is -2.01. The van der Waals surface area contributed by atoms with E-state index in [1.165, 1.54) is 0 Å². The van der Waals surface area contributed by atoms with Crippen molar-refractivity contribution in [1.82, 2.24) is 19.7 Å². The second-order valence-corrected chi connectivity index (χ2v) is 4.25. The molecule has 3 rings (SSSR count). The topological polar surface area (TPSA) is 43.6 Å². The van der Waals surface area contributed by atoms with Crippen molar-refractivity contribution >= 4 is 27.0 Å². The van der Waals surface area contributed by atoms with Crippen LogP contribution in [0.3, 0.4) is 0 Å². The number of nitrogens with zero attached hydrogens (tertiary/aromatic N) is 4. The largest absolute Gasteiger partial charge is 0.261 e. The van der Waals surface area contributed by atoms with Crippen molar-refractivity contribution in [3.63, 3.8) is 0 Å². The van der Waals surface area contributed by atoms with E-state index >= 15 is 0 Å². The number of hydrogen-bond donors (Lipinski definition) is 0. The number of hydrogen-bond acceptors (Lipinski definition) is 3. The van der Waals surface area contributed by atoms with Gasteiger partial charge in [0.2, 0.25) is 0 Å². The molecule has 0 saturated carbocycles. The SMILES string of the molecule is Brc1cncc(-n2ncc3cccnc32)c1. The van der Waals surface area contributed by atoms with Crippen LogP contribution in [-0.4, -0.2) is 19.7 Å². The Kier molecular flexibility index (Phi) is 2.18. The maximum absolute atomic E-state index is 4.30. The third-order valence-electron chi connectivity index (χ3n) is 2.26. The average Bonchev–Trinajstić information content (AvgIpc) is 2.72. The quantitative estimate of drug-likeness (QED) is 0.685. The predicted molar refractivity (Wildman–Crippen MR) is 64.4 cm³/mol. The highest BCUT2D eigenvalue weighted by molar-refractivity contribution is 9.10. The van der Waals surface area contributed by atoms with Crippen LogP contribution in [0.25, 0.3) is 16.7 Å². The van der Waals surface area contributed by atoms with E-state index in [0.717, 1.165) is 21.2 Å². The van der Waals surface area contributed by atoms with Gasteiger partial charge in [-0.2, -0.15) is 5.10 Å². The van der Waals surface area contributed by atoms with Crippen LogP contribution in [0.15, 0.2) is 47.5 Å². The molecule has 0 saturated heterocycles. The zero-order valence-electron chi connectivity index (χ0n) is 8.21. The minimum atomic E-state index is 0.836. The highest BCUT2D eigenvalue weighted by Crippen LogP contribution is 2.17. The lowest BCUT2D eigenvalue weighted by Crippen LogP contribution is -1.97. The van der Waals surface area contributed by atoms with E-state index in [0.29, 0.717) is 0 Å². The van der Waals surface area contributed by atoms with E-state index in [9.17, 15) is 0 Å². The van der Waals surface area contributed by atoms with Crippen LogP contribution in [0.5, 0.6) is 0 Å². The lowest BCUT2D eigenvalue weighted by atomic mass is 10.3. The van der Waals surface area contributed by atoms with Gasteiger partial charge < -0.3 is 0 Å². The first-order valence-electron chi connectivity index (χ1n) is 4.74. The maximum atomic E-state index is 4.30. The fourth-order valence-corrected chi connectivity index (χ4v) is 1.92. The molecule has 0 fully saturated rings. The van der Waals surface area contributed by atoms with Gasteiger partial charge in [0.05, 0.1) is 18.1 Å². The van der Waals surface area contributed by atoms with E-state index in [2.05, 4.69) is 31.0 Å². The minimum absolute atomic E-state index is 0.836. The van der Waals surface area contributed by atoms with E-state index in [1.807, 2.05) is 18.2 Å². The van der Waals surface area contributed by atoms with Gasteiger partial charge in [0.15, 0.2) is 5.65 Å². The number of pyridine rings is 2. The Morgan fingerprint density at radius 3 is 3.00 bits per heavy atom. The zero-order chi connectivity index (χ0) is 11.0. The Labute approximate surface area is 100 Å². The second-order valence-electron chi connectivity index (χ2n) is 3.33. The van der Waals surface area contributed by atoms with Gasteiger partial charge in [-0.25, -0.2) is 9.67 Å². The maximum Gasteiger partial charge on any atom is 0.162 e. The molecule has 0 unspecified atom stereocenters. The summed E-state index contributed by atoms with van der Waals surface area (Å²) in [6.45, 7) is 0. The van der Waals surface area contributed by atoms with Gasteiger partial charge >= 0.3 is 0 Å². The van der Waals surface area contributed by atoms with Gasteiger partial charge in [-0.15, -0.1) is 0 Å². The summed E-state index contributed by atoms with van der Waals surface area (Å²) >= 11 is 3.39. The summed E-state index contributed by atoms with van der Waals surface area (Å²) in [4.78, 5) is 8.42. The van der Waals surface area contributed by atoms with E-state index in [1.54, 1.807) is 29.5 Å². The molecule has 0 radical (unpaired) electrons. The molecule has 0 amide bonds. The van der Waals surface area contributed by atoms with Crippen LogP contribution < -0.4 is 0 Å². The van der Waals surface area contributed by atoms with Crippen LogP contribution in [0.1, 0.15) is 0 Å². The molecule has 78 valence electrons. The number of halogens is 1. The van der Waals surface area contributed by atoms with Crippen molar-refractivity contribution in [2.24, 2.45) is 0 Å². The fourth-order valence-electron chi connectivity index (χ4n) is 1.57. The first-order valence-corrected chi connectivity index (χ1v) is 5.53. The van der Waals surface area contributed by atoms with Crippen molar-refractivity contribution in [1.29, 1.82) is 0 Å². The van der Waals surface area contributed by atoms with Crippen molar-refractivity contribution < 1.29 is 0 Å². The van der Waals surface area contributed by atoms with Crippen LogP contribution in [0.4, 0.5) is 0 Å². The Hall–Kier alpha value is -1.75. The molecule has 0 spiro atoms. The molecular weight excluding hydrogens is 268 g/mol. The molecule has 0 atom stereocenters. The summed E-state index contributed by atoms with van der Waals surface area (Å²) < 4.78 is 2.69. The Balaban J connectivity index is 2.26. The monoisotopic (exact) mass is 274 g/mol. The molecule has 0 aliphatic heterocycles. The molecule has 0 aliphatic rings. The van der Waals surface area contributed by atoms with Crippen molar-refractivity contribution in [2.75, 3.05) is 0 Å². The second kappa shape index (κ2) is 3.68. The third-order valence-corrected chi connectivity index (χ3v) is 2.70. The first-order chi connectivity index (χ1) is 7.84. The van der Waals surface area contributed by atoms with Gasteiger partial charge in [-0.1, -0.05) is 0 Å². The molecular formula is C11H7BrN4. The van der Waals surface area contributed by atoms with Crippen LogP contribution in [0.2, 0.25) is 0 Å². The van der Waals surface area contributed by atoms with E-state index < -0.39 is 0 Å². The summed E-state index contributed by atoms with van der Waals surface area (Å²) in [5.74, 6) is 0. The summed E-state index contributed by atoms with van der Waals surface area (Å²) in [6.07, 6.45) is 7.05. The van der Waals surface area contributed by atoms with Crippen molar-refractivity contribution in [2.45, 2.75) is 0 Å². The molecule has 3 aromatic rings. The highest BCUT2D eigenvalue weighted by Gasteiger charge is 2.05. The molecule has 0 aliphatic carbocycles. The smallest absolute Gasteiger partial charge is 0.162 e. The molecule has 0 bridgehead atoms. The molecule has 5 heteroatoms. The van der Waals surface area contributed by atoms with Gasteiger partial charge in [0.25, 0.3) is 0 Å². The van der Waals surface area contributed by atoms with Gasteiger partial charge in [-0.05, 0) is 34.1 Å². The van der Waals surface area contributed by atoms with Crippen LogP contribution in [-0.2, 0) is 0 Å². The molecule has 4 nitrogen and oxygen atoms in total. The number of fused-ring (bicyclic) bond motifs is 1. The van der Waals surface area contributed by atoms with E-state index in [4.69, 9.17) is 0 Å².